The van der Waals surface area contributed by atoms with Gasteiger partial charge in [0.05, 0.1) is 6.10 Å². The van der Waals surface area contributed by atoms with Crippen LogP contribution in [-0.4, -0.2) is 27.6 Å². The number of rotatable bonds is 3. The number of aliphatic hydroxyl groups excluding tert-OH is 1. The maximum absolute atomic E-state index is 11.1. The molecule has 0 bridgehead atoms. The van der Waals surface area contributed by atoms with Crippen LogP contribution in [-0.2, 0) is 4.79 Å². The average Bonchev–Trinajstić information content (AvgIpc) is 1.84. The lowest BCUT2D eigenvalue weighted by Crippen LogP contribution is -2.39. The highest BCUT2D eigenvalue weighted by Crippen LogP contribution is 2.13. The second-order valence-corrected chi connectivity index (χ2v) is 4.33. The number of thioether (sulfide) groups is 1. The quantitative estimate of drug-likeness (QED) is 0.653. The van der Waals surface area contributed by atoms with Crippen molar-refractivity contribution >= 4 is 16.9 Å². The van der Waals surface area contributed by atoms with Crippen molar-refractivity contribution in [2.75, 3.05) is 0 Å². The predicted octanol–water partition coefficient (Wildman–Crippen LogP) is 0.363. The summed E-state index contributed by atoms with van der Waals surface area (Å²) in [6.45, 7) is 5.35. The Bertz CT molecular complexity index is 136. The zero-order valence-electron chi connectivity index (χ0n) is 7.07. The van der Waals surface area contributed by atoms with Gasteiger partial charge in [-0.1, -0.05) is 25.6 Å². The van der Waals surface area contributed by atoms with Gasteiger partial charge in [0.1, 0.15) is 6.04 Å². The minimum Gasteiger partial charge on any atom is -0.391 e. The molecule has 0 heterocycles. The first-order chi connectivity index (χ1) is 4.95. The standard InChI is InChI=1S/C7H15NO2S/c1-4(2)11-7(10)6(8)5(3)9/h4-6,9H,8H2,1-3H3. The fraction of sp³-hybridized carbons (Fsp3) is 0.857. The summed E-state index contributed by atoms with van der Waals surface area (Å²) >= 11 is 1.17. The highest BCUT2D eigenvalue weighted by molar-refractivity contribution is 8.14. The van der Waals surface area contributed by atoms with Gasteiger partial charge in [-0.15, -0.1) is 0 Å². The maximum atomic E-state index is 11.1. The van der Waals surface area contributed by atoms with Crippen LogP contribution in [0.2, 0.25) is 0 Å². The van der Waals surface area contributed by atoms with E-state index in [9.17, 15) is 4.79 Å². The first-order valence-electron chi connectivity index (χ1n) is 3.59. The molecule has 11 heavy (non-hydrogen) atoms. The van der Waals surface area contributed by atoms with Crippen molar-refractivity contribution in [2.45, 2.75) is 38.2 Å². The number of hydrogen-bond donors (Lipinski definition) is 2. The number of carbonyl (C=O) groups is 1. The Morgan fingerprint density at radius 1 is 1.45 bits per heavy atom. The summed E-state index contributed by atoms with van der Waals surface area (Å²) in [5.41, 5.74) is 5.39. The highest BCUT2D eigenvalue weighted by atomic mass is 32.2. The summed E-state index contributed by atoms with van der Waals surface area (Å²) in [5, 5.41) is 9.03. The van der Waals surface area contributed by atoms with Gasteiger partial charge in [0.2, 0.25) is 5.12 Å². The molecule has 0 rings (SSSR count). The van der Waals surface area contributed by atoms with Gasteiger partial charge < -0.3 is 10.8 Å². The number of hydrogen-bond acceptors (Lipinski definition) is 4. The lowest BCUT2D eigenvalue weighted by molar-refractivity contribution is -0.114. The van der Waals surface area contributed by atoms with Gasteiger partial charge in [0.15, 0.2) is 0 Å². The second-order valence-electron chi connectivity index (χ2n) is 2.75. The molecular formula is C7H15NO2S. The van der Waals surface area contributed by atoms with E-state index in [1.165, 1.54) is 18.7 Å². The van der Waals surface area contributed by atoms with Crippen molar-refractivity contribution in [3.05, 3.63) is 0 Å². The van der Waals surface area contributed by atoms with Crippen molar-refractivity contribution < 1.29 is 9.90 Å². The van der Waals surface area contributed by atoms with Gasteiger partial charge >= 0.3 is 0 Å². The van der Waals surface area contributed by atoms with Gasteiger partial charge in [0.25, 0.3) is 0 Å². The molecule has 0 aromatic carbocycles. The number of carbonyl (C=O) groups excluding carboxylic acids is 1. The topological polar surface area (TPSA) is 63.3 Å². The Balaban J connectivity index is 3.83. The summed E-state index contributed by atoms with van der Waals surface area (Å²) in [6, 6.07) is -0.748. The van der Waals surface area contributed by atoms with Crippen LogP contribution in [0.1, 0.15) is 20.8 Å². The predicted molar refractivity (Wildman–Crippen MR) is 47.4 cm³/mol. The molecule has 0 aromatic heterocycles. The van der Waals surface area contributed by atoms with Gasteiger partial charge in [-0.05, 0) is 6.92 Å². The molecule has 3 nitrogen and oxygen atoms in total. The van der Waals surface area contributed by atoms with E-state index in [0.717, 1.165) is 0 Å². The van der Waals surface area contributed by atoms with E-state index in [0.29, 0.717) is 0 Å². The summed E-state index contributed by atoms with van der Waals surface area (Å²) in [6.07, 6.45) is -0.756. The minimum absolute atomic E-state index is 0.144. The Morgan fingerprint density at radius 3 is 2.18 bits per heavy atom. The molecule has 4 heteroatoms. The van der Waals surface area contributed by atoms with E-state index in [1.54, 1.807) is 0 Å². The van der Waals surface area contributed by atoms with Crippen LogP contribution in [0.25, 0.3) is 0 Å². The van der Waals surface area contributed by atoms with Crippen LogP contribution in [0, 0.1) is 0 Å². The van der Waals surface area contributed by atoms with Crippen molar-refractivity contribution in [1.29, 1.82) is 0 Å². The first kappa shape index (κ1) is 10.9. The summed E-state index contributed by atoms with van der Waals surface area (Å²) < 4.78 is 0. The molecule has 0 amide bonds. The van der Waals surface area contributed by atoms with Crippen LogP contribution >= 0.6 is 11.8 Å². The first-order valence-corrected chi connectivity index (χ1v) is 4.47. The lowest BCUT2D eigenvalue weighted by atomic mass is 10.2. The largest absolute Gasteiger partial charge is 0.391 e. The maximum Gasteiger partial charge on any atom is 0.208 e. The van der Waals surface area contributed by atoms with Gasteiger partial charge in [-0.2, -0.15) is 0 Å². The average molecular weight is 177 g/mol. The van der Waals surface area contributed by atoms with Crippen molar-refractivity contribution in [3.8, 4) is 0 Å². The van der Waals surface area contributed by atoms with E-state index in [-0.39, 0.29) is 10.4 Å². The lowest BCUT2D eigenvalue weighted by Gasteiger charge is -2.13. The SMILES string of the molecule is CC(C)SC(=O)C(N)C(C)O. The van der Waals surface area contributed by atoms with E-state index >= 15 is 0 Å². The molecule has 0 aliphatic heterocycles. The number of aliphatic hydroxyl groups is 1. The second kappa shape index (κ2) is 4.74. The van der Waals surface area contributed by atoms with Crippen molar-refractivity contribution in [3.63, 3.8) is 0 Å². The Hall–Kier alpha value is -0.0600. The Morgan fingerprint density at radius 2 is 1.91 bits per heavy atom. The van der Waals surface area contributed by atoms with Gasteiger partial charge in [-0.25, -0.2) is 0 Å². The van der Waals surface area contributed by atoms with Crippen LogP contribution in [0.15, 0.2) is 0 Å². The fourth-order valence-electron chi connectivity index (χ4n) is 0.508. The molecule has 0 fully saturated rings. The zero-order valence-corrected chi connectivity index (χ0v) is 7.89. The van der Waals surface area contributed by atoms with E-state index in [2.05, 4.69) is 0 Å². The summed E-state index contributed by atoms with van der Waals surface area (Å²) in [7, 11) is 0. The molecule has 0 aliphatic carbocycles. The molecule has 66 valence electrons. The summed E-state index contributed by atoms with van der Waals surface area (Å²) in [4.78, 5) is 11.1. The number of nitrogens with two attached hydrogens (primary N) is 1. The normalized spacial score (nSPS) is 16.5. The van der Waals surface area contributed by atoms with Gasteiger partial charge in [0, 0.05) is 5.25 Å². The molecule has 2 unspecified atom stereocenters. The molecule has 0 saturated carbocycles. The molecular weight excluding hydrogens is 162 g/mol. The molecule has 0 aromatic rings. The fourth-order valence-corrected chi connectivity index (χ4v) is 1.33. The van der Waals surface area contributed by atoms with Crippen LogP contribution in [0.4, 0.5) is 0 Å². The molecule has 0 aliphatic rings. The third-order valence-corrected chi connectivity index (χ3v) is 2.12. The summed E-state index contributed by atoms with van der Waals surface area (Å²) in [5.74, 6) is 0. The van der Waals surface area contributed by atoms with E-state index in [1.807, 2.05) is 13.8 Å². The third kappa shape index (κ3) is 4.40. The molecule has 0 saturated heterocycles. The van der Waals surface area contributed by atoms with Crippen molar-refractivity contribution in [2.24, 2.45) is 5.73 Å². The van der Waals surface area contributed by atoms with Crippen LogP contribution in [0.3, 0.4) is 0 Å². The smallest absolute Gasteiger partial charge is 0.208 e. The molecule has 3 N–H and O–H groups in total. The van der Waals surface area contributed by atoms with Crippen LogP contribution < -0.4 is 5.73 Å². The monoisotopic (exact) mass is 177 g/mol. The third-order valence-electron chi connectivity index (χ3n) is 1.14. The molecule has 0 spiro atoms. The molecule has 0 radical (unpaired) electrons. The van der Waals surface area contributed by atoms with Crippen LogP contribution in [0.5, 0.6) is 0 Å². The van der Waals surface area contributed by atoms with Crippen molar-refractivity contribution in [1.82, 2.24) is 0 Å². The Kier molecular flexibility index (Phi) is 4.72. The molecule has 2 atom stereocenters. The zero-order chi connectivity index (χ0) is 9.02. The van der Waals surface area contributed by atoms with E-state index in [4.69, 9.17) is 10.8 Å². The highest BCUT2D eigenvalue weighted by Gasteiger charge is 2.19. The minimum atomic E-state index is -0.756. The van der Waals surface area contributed by atoms with Gasteiger partial charge in [-0.3, -0.25) is 4.79 Å². The Labute approximate surface area is 71.3 Å². The van der Waals surface area contributed by atoms with E-state index < -0.39 is 12.1 Å².